The van der Waals surface area contributed by atoms with Crippen molar-refractivity contribution in [3.05, 3.63) is 124 Å². The van der Waals surface area contributed by atoms with Gasteiger partial charge in [0.1, 0.15) is 11.6 Å². The van der Waals surface area contributed by atoms with Crippen molar-refractivity contribution in [1.29, 1.82) is 0 Å². The first-order valence-corrected chi connectivity index (χ1v) is 13.9. The summed E-state index contributed by atoms with van der Waals surface area (Å²) in [5, 5.41) is 8.56. The molecule has 0 bridgehead atoms. The molecule has 0 atom stereocenters. The van der Waals surface area contributed by atoms with E-state index in [9.17, 15) is 23.2 Å². The fraction of sp³-hybridized carbons (Fsp3) is 0.156. The molecular weight excluding hydrogens is 576 g/mol. The molecule has 220 valence electrons. The first-order chi connectivity index (χ1) is 20.8. The summed E-state index contributed by atoms with van der Waals surface area (Å²) in [4.78, 5) is 42.7. The number of anilines is 3. The Balaban J connectivity index is 1.32. The minimum atomic E-state index is -0.521. The third kappa shape index (κ3) is 7.28. The number of urea groups is 1. The van der Waals surface area contributed by atoms with Gasteiger partial charge >= 0.3 is 6.03 Å². The number of halogens is 3. The lowest BCUT2D eigenvalue weighted by Crippen LogP contribution is -2.50. The van der Waals surface area contributed by atoms with Crippen LogP contribution in [0.25, 0.3) is 0 Å². The second-order valence-electron chi connectivity index (χ2n) is 9.86. The van der Waals surface area contributed by atoms with E-state index in [2.05, 4.69) is 16.0 Å². The van der Waals surface area contributed by atoms with Crippen LogP contribution in [0, 0.1) is 11.6 Å². The van der Waals surface area contributed by atoms with Crippen molar-refractivity contribution in [2.24, 2.45) is 0 Å². The number of hydrogen-bond acceptors (Lipinski definition) is 4. The van der Waals surface area contributed by atoms with Gasteiger partial charge in [-0.2, -0.15) is 0 Å². The predicted molar refractivity (Wildman–Crippen MR) is 163 cm³/mol. The number of para-hydroxylation sites is 1. The Bertz CT molecular complexity index is 1640. The Labute approximate surface area is 252 Å². The topological polar surface area (TPSA) is 93.8 Å². The van der Waals surface area contributed by atoms with Crippen molar-refractivity contribution in [1.82, 2.24) is 10.2 Å². The van der Waals surface area contributed by atoms with Crippen LogP contribution < -0.4 is 20.9 Å². The molecule has 43 heavy (non-hydrogen) atoms. The van der Waals surface area contributed by atoms with Crippen LogP contribution in [0.1, 0.15) is 26.3 Å². The molecule has 0 unspecified atom stereocenters. The van der Waals surface area contributed by atoms with E-state index in [1.165, 1.54) is 24.3 Å². The van der Waals surface area contributed by atoms with Crippen molar-refractivity contribution in [3.8, 4) is 0 Å². The summed E-state index contributed by atoms with van der Waals surface area (Å²) in [6, 6.07) is 23.0. The van der Waals surface area contributed by atoms with Gasteiger partial charge in [-0.25, -0.2) is 13.6 Å². The SMILES string of the molecule is O=C(Nc1ccc(N2CCN(C(=O)Nc3ccccc3F)CC2)c(C(=O)NCc2ccc(F)cc2)c1)c1ccccc1Cl. The lowest BCUT2D eigenvalue weighted by Gasteiger charge is -2.37. The van der Waals surface area contributed by atoms with Crippen LogP contribution in [0.4, 0.5) is 30.6 Å². The molecule has 0 aliphatic carbocycles. The maximum absolute atomic E-state index is 14.0. The Morgan fingerprint density at radius 2 is 1.44 bits per heavy atom. The number of nitrogens with one attached hydrogen (secondary N) is 3. The highest BCUT2D eigenvalue weighted by atomic mass is 35.5. The Morgan fingerprint density at radius 1 is 0.744 bits per heavy atom. The van der Waals surface area contributed by atoms with Crippen molar-refractivity contribution >= 4 is 46.5 Å². The largest absolute Gasteiger partial charge is 0.367 e. The van der Waals surface area contributed by atoms with Gasteiger partial charge in [-0.3, -0.25) is 9.59 Å². The van der Waals surface area contributed by atoms with Gasteiger partial charge in [-0.15, -0.1) is 0 Å². The highest BCUT2D eigenvalue weighted by Gasteiger charge is 2.25. The molecule has 1 aliphatic rings. The maximum Gasteiger partial charge on any atom is 0.322 e. The average Bonchev–Trinajstić information content (AvgIpc) is 3.02. The quantitative estimate of drug-likeness (QED) is 0.236. The summed E-state index contributed by atoms with van der Waals surface area (Å²) in [5.41, 5.74) is 2.42. The van der Waals surface area contributed by atoms with E-state index < -0.39 is 23.7 Å². The molecule has 4 amide bonds. The number of amides is 4. The fourth-order valence-corrected chi connectivity index (χ4v) is 4.92. The molecule has 11 heteroatoms. The van der Waals surface area contributed by atoms with Gasteiger partial charge < -0.3 is 25.8 Å². The normalized spacial score (nSPS) is 12.9. The second-order valence-corrected chi connectivity index (χ2v) is 10.3. The number of nitrogens with zero attached hydrogens (tertiary/aromatic N) is 2. The van der Waals surface area contributed by atoms with E-state index in [-0.39, 0.29) is 18.0 Å². The summed E-state index contributed by atoms with van der Waals surface area (Å²) < 4.78 is 27.3. The van der Waals surface area contributed by atoms with E-state index in [1.807, 2.05) is 4.90 Å². The molecule has 0 radical (unpaired) electrons. The molecule has 1 saturated heterocycles. The van der Waals surface area contributed by atoms with Crippen molar-refractivity contribution in [3.63, 3.8) is 0 Å². The third-order valence-corrected chi connectivity index (χ3v) is 7.34. The first-order valence-electron chi connectivity index (χ1n) is 13.6. The third-order valence-electron chi connectivity index (χ3n) is 7.01. The van der Waals surface area contributed by atoms with Crippen LogP contribution in [0.2, 0.25) is 5.02 Å². The van der Waals surface area contributed by atoms with E-state index in [4.69, 9.17) is 11.6 Å². The van der Waals surface area contributed by atoms with Gasteiger partial charge in [-0.05, 0) is 60.2 Å². The van der Waals surface area contributed by atoms with Crippen LogP contribution in [-0.4, -0.2) is 48.9 Å². The summed E-state index contributed by atoms with van der Waals surface area (Å²) in [6.45, 7) is 1.66. The fourth-order valence-electron chi connectivity index (χ4n) is 4.70. The molecule has 4 aromatic rings. The van der Waals surface area contributed by atoms with Gasteiger partial charge in [0.05, 0.1) is 21.8 Å². The van der Waals surface area contributed by atoms with Gasteiger partial charge in [-0.1, -0.05) is 48.0 Å². The van der Waals surface area contributed by atoms with Gasteiger partial charge in [0, 0.05) is 44.1 Å². The highest BCUT2D eigenvalue weighted by Crippen LogP contribution is 2.27. The molecule has 8 nitrogen and oxygen atoms in total. The zero-order valence-corrected chi connectivity index (χ0v) is 23.7. The number of carbonyl (C=O) groups is 3. The molecule has 0 aromatic heterocycles. The summed E-state index contributed by atoms with van der Waals surface area (Å²) >= 11 is 6.18. The highest BCUT2D eigenvalue weighted by molar-refractivity contribution is 6.34. The number of hydrogen-bond donors (Lipinski definition) is 3. The minimum absolute atomic E-state index is 0.101. The lowest BCUT2D eigenvalue weighted by molar-refractivity contribution is 0.0949. The predicted octanol–water partition coefficient (Wildman–Crippen LogP) is 6.15. The van der Waals surface area contributed by atoms with Crippen molar-refractivity contribution in [2.75, 3.05) is 41.7 Å². The molecule has 1 aliphatic heterocycles. The Hall–Kier alpha value is -4.96. The van der Waals surface area contributed by atoms with E-state index in [0.717, 1.165) is 0 Å². The Morgan fingerprint density at radius 3 is 2.16 bits per heavy atom. The number of rotatable bonds is 7. The second kappa shape index (κ2) is 13.3. The number of carbonyl (C=O) groups excluding carboxylic acids is 3. The summed E-state index contributed by atoms with van der Waals surface area (Å²) in [5.74, 6) is -1.72. The molecule has 0 saturated carbocycles. The van der Waals surface area contributed by atoms with Crippen LogP contribution in [0.5, 0.6) is 0 Å². The first kappa shape index (κ1) is 29.5. The van der Waals surface area contributed by atoms with Gasteiger partial charge in [0.25, 0.3) is 11.8 Å². The molecule has 1 heterocycles. The average molecular weight is 604 g/mol. The van der Waals surface area contributed by atoms with Crippen LogP contribution in [0.3, 0.4) is 0 Å². The van der Waals surface area contributed by atoms with Crippen LogP contribution in [0.15, 0.2) is 91.0 Å². The smallest absolute Gasteiger partial charge is 0.322 e. The van der Waals surface area contributed by atoms with Gasteiger partial charge in [0.2, 0.25) is 0 Å². The molecule has 3 N–H and O–H groups in total. The molecule has 4 aromatic carbocycles. The maximum atomic E-state index is 14.0. The van der Waals surface area contributed by atoms with Crippen LogP contribution >= 0.6 is 11.6 Å². The van der Waals surface area contributed by atoms with E-state index >= 15 is 0 Å². The zero-order valence-electron chi connectivity index (χ0n) is 22.9. The summed E-state index contributed by atoms with van der Waals surface area (Å²) in [7, 11) is 0. The molecule has 1 fully saturated rings. The number of benzene rings is 4. The van der Waals surface area contributed by atoms with Crippen LogP contribution in [-0.2, 0) is 6.54 Å². The lowest BCUT2D eigenvalue weighted by atomic mass is 10.1. The number of piperazine rings is 1. The van der Waals surface area contributed by atoms with E-state index in [1.54, 1.807) is 71.6 Å². The molecular formula is C32H28ClF2N5O3. The monoisotopic (exact) mass is 603 g/mol. The Kier molecular flexibility index (Phi) is 9.17. The molecule has 0 spiro atoms. The van der Waals surface area contributed by atoms with Crippen molar-refractivity contribution in [2.45, 2.75) is 6.54 Å². The summed E-state index contributed by atoms with van der Waals surface area (Å²) in [6.07, 6.45) is 0. The standard InChI is InChI=1S/C32H28ClF2N5O3/c33-26-6-2-1-5-24(26)31(42)37-23-13-14-29(25(19-23)30(41)36-20-21-9-11-22(34)12-10-21)39-15-17-40(18-16-39)32(43)38-28-8-4-3-7-27(28)35/h1-14,19H,15-18,20H2,(H,36,41)(H,37,42)(H,38,43). The zero-order chi connectivity index (χ0) is 30.3. The van der Waals surface area contributed by atoms with Gasteiger partial charge in [0.15, 0.2) is 0 Å². The molecule has 5 rings (SSSR count). The van der Waals surface area contributed by atoms with E-state index in [0.29, 0.717) is 59.3 Å². The van der Waals surface area contributed by atoms with Crippen molar-refractivity contribution < 1.29 is 23.2 Å². The minimum Gasteiger partial charge on any atom is -0.367 e.